The van der Waals surface area contributed by atoms with Gasteiger partial charge in [0.25, 0.3) is 0 Å². The highest BCUT2D eigenvalue weighted by Crippen LogP contribution is 2.20. The normalized spacial score (nSPS) is 21.4. The molecule has 2 heterocycles. The Labute approximate surface area is 114 Å². The minimum atomic E-state index is 0.459. The lowest BCUT2D eigenvalue weighted by atomic mass is 10.1. The van der Waals surface area contributed by atoms with Crippen LogP contribution in [0.3, 0.4) is 0 Å². The molecule has 0 aliphatic carbocycles. The monoisotopic (exact) mass is 268 g/mol. The fraction of sp³-hybridized carbons (Fsp3) is 0.846. The van der Waals surface area contributed by atoms with E-state index in [1.54, 1.807) is 11.3 Å². The summed E-state index contributed by atoms with van der Waals surface area (Å²) in [4.78, 5) is 0. The van der Waals surface area contributed by atoms with Gasteiger partial charge in [-0.15, -0.1) is 10.2 Å². The van der Waals surface area contributed by atoms with Crippen LogP contribution in [0.4, 0.5) is 5.13 Å². The highest BCUT2D eigenvalue weighted by Gasteiger charge is 2.17. The van der Waals surface area contributed by atoms with E-state index in [9.17, 15) is 0 Å². The molecule has 18 heavy (non-hydrogen) atoms. The molecule has 2 unspecified atom stereocenters. The maximum absolute atomic E-state index is 4.23. The van der Waals surface area contributed by atoms with Crippen molar-refractivity contribution >= 4 is 16.5 Å². The van der Waals surface area contributed by atoms with Crippen LogP contribution in [0, 0.1) is 5.92 Å². The third kappa shape index (κ3) is 4.21. The predicted molar refractivity (Wildman–Crippen MR) is 77.2 cm³/mol. The molecule has 1 saturated heterocycles. The molecule has 1 fully saturated rings. The average Bonchev–Trinajstić information content (AvgIpc) is 2.89. The van der Waals surface area contributed by atoms with Crippen molar-refractivity contribution in [2.75, 3.05) is 11.9 Å². The third-order valence-electron chi connectivity index (χ3n) is 3.22. The molecule has 2 rings (SSSR count). The number of nitrogens with zero attached hydrogens (tertiary/aromatic N) is 2. The van der Waals surface area contributed by atoms with Crippen LogP contribution in [0.5, 0.6) is 0 Å². The summed E-state index contributed by atoms with van der Waals surface area (Å²) in [7, 11) is 0. The topological polar surface area (TPSA) is 49.8 Å². The number of hydrogen-bond acceptors (Lipinski definition) is 5. The van der Waals surface area contributed by atoms with Gasteiger partial charge in [0.2, 0.25) is 5.13 Å². The van der Waals surface area contributed by atoms with Crippen LogP contribution in [-0.4, -0.2) is 28.8 Å². The first-order valence-electron chi connectivity index (χ1n) is 6.95. The Kier molecular flexibility index (Phi) is 4.95. The van der Waals surface area contributed by atoms with Gasteiger partial charge in [0.1, 0.15) is 5.01 Å². The molecular weight excluding hydrogens is 244 g/mol. The zero-order chi connectivity index (χ0) is 13.0. The van der Waals surface area contributed by atoms with Gasteiger partial charge in [0.05, 0.1) is 0 Å². The van der Waals surface area contributed by atoms with Crippen molar-refractivity contribution in [3.05, 3.63) is 5.01 Å². The maximum atomic E-state index is 4.23. The molecule has 0 bridgehead atoms. The van der Waals surface area contributed by atoms with Crippen LogP contribution in [-0.2, 0) is 6.42 Å². The first-order valence-corrected chi connectivity index (χ1v) is 7.77. The molecule has 1 aromatic rings. The van der Waals surface area contributed by atoms with Gasteiger partial charge in [-0.25, -0.2) is 0 Å². The molecule has 5 heteroatoms. The summed E-state index contributed by atoms with van der Waals surface area (Å²) in [5.41, 5.74) is 0. The fourth-order valence-electron chi connectivity index (χ4n) is 2.40. The molecule has 0 amide bonds. The zero-order valence-corrected chi connectivity index (χ0v) is 12.4. The summed E-state index contributed by atoms with van der Waals surface area (Å²) in [5, 5.41) is 17.6. The van der Waals surface area contributed by atoms with E-state index in [0.29, 0.717) is 18.0 Å². The van der Waals surface area contributed by atoms with Crippen molar-refractivity contribution in [1.29, 1.82) is 0 Å². The van der Waals surface area contributed by atoms with Crippen molar-refractivity contribution in [1.82, 2.24) is 15.5 Å². The van der Waals surface area contributed by atoms with Gasteiger partial charge in [-0.2, -0.15) is 0 Å². The van der Waals surface area contributed by atoms with E-state index in [4.69, 9.17) is 0 Å². The lowest BCUT2D eigenvalue weighted by molar-refractivity contribution is 0.523. The maximum Gasteiger partial charge on any atom is 0.205 e. The van der Waals surface area contributed by atoms with Crippen LogP contribution >= 0.6 is 11.3 Å². The van der Waals surface area contributed by atoms with Crippen LogP contribution in [0.15, 0.2) is 0 Å². The second-order valence-corrected chi connectivity index (χ2v) is 6.74. The lowest BCUT2D eigenvalue weighted by Crippen LogP contribution is -2.29. The van der Waals surface area contributed by atoms with Gasteiger partial charge in [-0.3, -0.25) is 0 Å². The highest BCUT2D eigenvalue weighted by molar-refractivity contribution is 7.15. The molecule has 1 aromatic heterocycles. The van der Waals surface area contributed by atoms with E-state index < -0.39 is 0 Å². The molecule has 0 saturated carbocycles. The molecule has 2 atom stereocenters. The predicted octanol–water partition coefficient (Wildman–Crippen LogP) is 2.68. The number of aromatic nitrogens is 2. The number of anilines is 1. The van der Waals surface area contributed by atoms with E-state index in [2.05, 4.69) is 41.6 Å². The Morgan fingerprint density at radius 1 is 1.39 bits per heavy atom. The van der Waals surface area contributed by atoms with Crippen LogP contribution in [0.2, 0.25) is 0 Å². The second-order valence-electron chi connectivity index (χ2n) is 5.67. The van der Waals surface area contributed by atoms with Gasteiger partial charge in [-0.1, -0.05) is 25.2 Å². The fourth-order valence-corrected chi connectivity index (χ4v) is 3.46. The van der Waals surface area contributed by atoms with Crippen molar-refractivity contribution in [3.8, 4) is 0 Å². The Morgan fingerprint density at radius 3 is 2.89 bits per heavy atom. The largest absolute Gasteiger partial charge is 0.358 e. The molecule has 0 radical (unpaired) electrons. The van der Waals surface area contributed by atoms with Gasteiger partial charge >= 0.3 is 0 Å². The Bertz CT molecular complexity index is 358. The molecule has 0 aromatic carbocycles. The SMILES string of the molecule is CC(C)Cc1nnc(NC(C)CC2CCCN2)s1. The number of rotatable bonds is 6. The Morgan fingerprint density at radius 2 is 2.22 bits per heavy atom. The van der Waals surface area contributed by atoms with Gasteiger partial charge in [0.15, 0.2) is 0 Å². The highest BCUT2D eigenvalue weighted by atomic mass is 32.1. The first-order chi connectivity index (χ1) is 8.63. The minimum absolute atomic E-state index is 0.459. The number of nitrogens with one attached hydrogen (secondary N) is 2. The zero-order valence-electron chi connectivity index (χ0n) is 11.6. The molecule has 4 nitrogen and oxygen atoms in total. The Hall–Kier alpha value is -0.680. The van der Waals surface area contributed by atoms with Gasteiger partial charge in [-0.05, 0) is 38.6 Å². The van der Waals surface area contributed by atoms with Gasteiger partial charge in [0, 0.05) is 18.5 Å². The first kappa shape index (κ1) is 13.7. The summed E-state index contributed by atoms with van der Waals surface area (Å²) in [6.45, 7) is 7.82. The van der Waals surface area contributed by atoms with Crippen molar-refractivity contribution in [2.45, 2.75) is 58.5 Å². The standard InChI is InChI=1S/C13H24N4S/c1-9(2)7-12-16-17-13(18-12)15-10(3)8-11-5-4-6-14-11/h9-11,14H,4-8H2,1-3H3,(H,15,17). The minimum Gasteiger partial charge on any atom is -0.358 e. The Balaban J connectivity index is 1.79. The third-order valence-corrected chi connectivity index (χ3v) is 4.10. The van der Waals surface area contributed by atoms with E-state index in [1.807, 2.05) is 0 Å². The second kappa shape index (κ2) is 6.48. The molecular formula is C13H24N4S. The van der Waals surface area contributed by atoms with Crippen LogP contribution in [0.25, 0.3) is 0 Å². The molecule has 1 aliphatic heterocycles. The van der Waals surface area contributed by atoms with Crippen molar-refractivity contribution in [2.24, 2.45) is 5.92 Å². The lowest BCUT2D eigenvalue weighted by Gasteiger charge is -2.17. The molecule has 2 N–H and O–H groups in total. The van der Waals surface area contributed by atoms with Crippen LogP contribution < -0.4 is 10.6 Å². The summed E-state index contributed by atoms with van der Waals surface area (Å²) in [6, 6.07) is 1.14. The number of hydrogen-bond donors (Lipinski definition) is 2. The molecule has 102 valence electrons. The van der Waals surface area contributed by atoms with Crippen molar-refractivity contribution < 1.29 is 0 Å². The quantitative estimate of drug-likeness (QED) is 0.833. The van der Waals surface area contributed by atoms with Gasteiger partial charge < -0.3 is 10.6 Å². The van der Waals surface area contributed by atoms with E-state index >= 15 is 0 Å². The van der Waals surface area contributed by atoms with Crippen molar-refractivity contribution in [3.63, 3.8) is 0 Å². The molecule has 0 spiro atoms. The average molecular weight is 268 g/mol. The summed E-state index contributed by atoms with van der Waals surface area (Å²) < 4.78 is 0. The molecule has 1 aliphatic rings. The van der Waals surface area contributed by atoms with E-state index in [0.717, 1.165) is 16.6 Å². The summed E-state index contributed by atoms with van der Waals surface area (Å²) >= 11 is 1.69. The smallest absolute Gasteiger partial charge is 0.205 e. The van der Waals surface area contributed by atoms with E-state index in [1.165, 1.54) is 25.8 Å². The summed E-state index contributed by atoms with van der Waals surface area (Å²) in [5.74, 6) is 0.644. The van der Waals surface area contributed by atoms with Crippen LogP contribution in [0.1, 0.15) is 45.0 Å². The van der Waals surface area contributed by atoms with E-state index in [-0.39, 0.29) is 0 Å². The summed E-state index contributed by atoms with van der Waals surface area (Å²) in [6.07, 6.45) is 4.81.